The average Bonchev–Trinajstić information content (AvgIpc) is 2.30. The molecule has 0 fully saturated rings. The summed E-state index contributed by atoms with van der Waals surface area (Å²) in [5.41, 5.74) is 0.754. The maximum Gasteiger partial charge on any atom is 0.142 e. The Labute approximate surface area is 112 Å². The summed E-state index contributed by atoms with van der Waals surface area (Å²) in [5, 5.41) is 3.21. The van der Waals surface area contributed by atoms with E-state index in [4.69, 9.17) is 0 Å². The van der Waals surface area contributed by atoms with Crippen LogP contribution >= 0.6 is 15.9 Å². The van der Waals surface area contributed by atoms with Gasteiger partial charge in [-0.05, 0) is 41.4 Å². The second-order valence-corrected chi connectivity index (χ2v) is 5.47. The van der Waals surface area contributed by atoms with Crippen LogP contribution in [0, 0.1) is 11.7 Å². The lowest BCUT2D eigenvalue weighted by Crippen LogP contribution is -2.20. The van der Waals surface area contributed by atoms with Gasteiger partial charge in [0.05, 0.1) is 4.47 Å². The Morgan fingerprint density at radius 1 is 1.41 bits per heavy atom. The van der Waals surface area contributed by atoms with E-state index in [0.29, 0.717) is 10.4 Å². The van der Waals surface area contributed by atoms with Gasteiger partial charge in [-0.25, -0.2) is 4.39 Å². The number of halogens is 2. The molecule has 0 spiro atoms. The highest BCUT2D eigenvalue weighted by atomic mass is 79.9. The van der Waals surface area contributed by atoms with Gasteiger partial charge < -0.3 is 5.32 Å². The Bertz CT molecular complexity index is 354. The zero-order valence-electron chi connectivity index (χ0n) is 10.8. The SMILES string of the molecule is CCCC(C)CC(NC)c1cccc(Br)c1F. The highest BCUT2D eigenvalue weighted by molar-refractivity contribution is 9.10. The molecule has 1 rings (SSSR count). The molecule has 0 aromatic heterocycles. The van der Waals surface area contributed by atoms with Crippen LogP contribution < -0.4 is 5.32 Å². The quantitative estimate of drug-likeness (QED) is 0.805. The molecule has 0 aliphatic heterocycles. The van der Waals surface area contributed by atoms with Crippen molar-refractivity contribution in [3.8, 4) is 0 Å². The Morgan fingerprint density at radius 3 is 2.71 bits per heavy atom. The van der Waals surface area contributed by atoms with Crippen molar-refractivity contribution in [1.82, 2.24) is 5.32 Å². The molecule has 0 bridgehead atoms. The maximum absolute atomic E-state index is 14.0. The molecule has 3 heteroatoms. The first-order valence-corrected chi connectivity index (χ1v) is 7.00. The number of nitrogens with one attached hydrogen (secondary N) is 1. The molecule has 0 aliphatic carbocycles. The molecule has 17 heavy (non-hydrogen) atoms. The molecule has 1 aromatic carbocycles. The van der Waals surface area contributed by atoms with E-state index in [-0.39, 0.29) is 11.9 Å². The first kappa shape index (κ1) is 14.7. The molecule has 1 N–H and O–H groups in total. The van der Waals surface area contributed by atoms with Crippen molar-refractivity contribution < 1.29 is 4.39 Å². The summed E-state index contributed by atoms with van der Waals surface area (Å²) in [5.74, 6) is 0.464. The molecule has 2 atom stereocenters. The minimum absolute atomic E-state index is 0.0917. The van der Waals surface area contributed by atoms with Gasteiger partial charge in [-0.2, -0.15) is 0 Å². The molecule has 1 aromatic rings. The van der Waals surface area contributed by atoms with E-state index < -0.39 is 0 Å². The molecular formula is C14H21BrFN. The lowest BCUT2D eigenvalue weighted by Gasteiger charge is -2.21. The van der Waals surface area contributed by atoms with Crippen molar-refractivity contribution >= 4 is 15.9 Å². The molecule has 0 radical (unpaired) electrons. The molecular weight excluding hydrogens is 281 g/mol. The van der Waals surface area contributed by atoms with E-state index in [9.17, 15) is 4.39 Å². The zero-order valence-corrected chi connectivity index (χ0v) is 12.3. The van der Waals surface area contributed by atoms with Crippen LogP contribution in [0.2, 0.25) is 0 Å². The fourth-order valence-electron chi connectivity index (χ4n) is 2.20. The van der Waals surface area contributed by atoms with Gasteiger partial charge >= 0.3 is 0 Å². The number of benzene rings is 1. The van der Waals surface area contributed by atoms with Gasteiger partial charge in [0.1, 0.15) is 5.82 Å². The first-order valence-electron chi connectivity index (χ1n) is 6.21. The lowest BCUT2D eigenvalue weighted by molar-refractivity contribution is 0.397. The Balaban J connectivity index is 2.82. The Kier molecular flexibility index (Phi) is 6.14. The number of hydrogen-bond acceptors (Lipinski definition) is 1. The van der Waals surface area contributed by atoms with Crippen molar-refractivity contribution in [1.29, 1.82) is 0 Å². The van der Waals surface area contributed by atoms with Crippen LogP contribution in [0.4, 0.5) is 4.39 Å². The van der Waals surface area contributed by atoms with Gasteiger partial charge in [0.15, 0.2) is 0 Å². The third kappa shape index (κ3) is 4.07. The summed E-state index contributed by atoms with van der Waals surface area (Å²) >= 11 is 3.24. The Morgan fingerprint density at radius 2 is 2.12 bits per heavy atom. The number of hydrogen-bond donors (Lipinski definition) is 1. The minimum atomic E-state index is -0.143. The molecule has 2 unspecified atom stereocenters. The van der Waals surface area contributed by atoms with Crippen molar-refractivity contribution in [2.45, 2.75) is 39.2 Å². The van der Waals surface area contributed by atoms with Crippen molar-refractivity contribution in [2.24, 2.45) is 5.92 Å². The van der Waals surface area contributed by atoms with Crippen LogP contribution in [-0.2, 0) is 0 Å². The average molecular weight is 302 g/mol. The molecule has 0 aliphatic rings. The van der Waals surface area contributed by atoms with Gasteiger partial charge in [0.25, 0.3) is 0 Å². The molecule has 0 saturated heterocycles. The number of rotatable bonds is 6. The maximum atomic E-state index is 14.0. The second-order valence-electron chi connectivity index (χ2n) is 4.61. The van der Waals surface area contributed by atoms with Crippen LogP contribution in [-0.4, -0.2) is 7.05 Å². The first-order chi connectivity index (χ1) is 8.10. The molecule has 1 nitrogen and oxygen atoms in total. The van der Waals surface area contributed by atoms with Crippen LogP contribution in [0.1, 0.15) is 44.7 Å². The van der Waals surface area contributed by atoms with Crippen molar-refractivity contribution in [2.75, 3.05) is 7.05 Å². The van der Waals surface area contributed by atoms with Crippen molar-refractivity contribution in [3.05, 3.63) is 34.1 Å². The lowest BCUT2D eigenvalue weighted by atomic mass is 9.93. The topological polar surface area (TPSA) is 12.0 Å². The van der Waals surface area contributed by atoms with Gasteiger partial charge in [0, 0.05) is 11.6 Å². The smallest absolute Gasteiger partial charge is 0.142 e. The van der Waals surface area contributed by atoms with Crippen LogP contribution in [0.15, 0.2) is 22.7 Å². The molecule has 0 heterocycles. The van der Waals surface area contributed by atoms with E-state index in [1.54, 1.807) is 6.07 Å². The summed E-state index contributed by atoms with van der Waals surface area (Å²) in [6.07, 6.45) is 3.34. The Hall–Kier alpha value is -0.410. The van der Waals surface area contributed by atoms with Crippen LogP contribution in [0.25, 0.3) is 0 Å². The summed E-state index contributed by atoms with van der Waals surface area (Å²) in [4.78, 5) is 0. The molecule has 0 saturated carbocycles. The third-order valence-electron chi connectivity index (χ3n) is 3.12. The highest BCUT2D eigenvalue weighted by Gasteiger charge is 2.17. The molecule has 0 amide bonds. The van der Waals surface area contributed by atoms with E-state index in [0.717, 1.165) is 12.0 Å². The normalized spacial score (nSPS) is 14.6. The van der Waals surface area contributed by atoms with E-state index in [1.807, 2.05) is 19.2 Å². The van der Waals surface area contributed by atoms with Gasteiger partial charge in [-0.3, -0.25) is 0 Å². The monoisotopic (exact) mass is 301 g/mol. The van der Waals surface area contributed by atoms with E-state index in [1.165, 1.54) is 12.8 Å². The summed E-state index contributed by atoms with van der Waals surface area (Å²) in [6.45, 7) is 4.41. The fraction of sp³-hybridized carbons (Fsp3) is 0.571. The largest absolute Gasteiger partial charge is 0.313 e. The zero-order chi connectivity index (χ0) is 12.8. The standard InChI is InChI=1S/C14H21BrFN/c1-4-6-10(2)9-13(17-3)11-7-5-8-12(15)14(11)16/h5,7-8,10,13,17H,4,6,9H2,1-3H3. The van der Waals surface area contributed by atoms with E-state index >= 15 is 0 Å². The summed E-state index contributed by atoms with van der Waals surface area (Å²) < 4.78 is 14.5. The van der Waals surface area contributed by atoms with Crippen molar-refractivity contribution in [3.63, 3.8) is 0 Å². The summed E-state index contributed by atoms with van der Waals surface area (Å²) in [7, 11) is 1.89. The van der Waals surface area contributed by atoms with Gasteiger partial charge in [-0.15, -0.1) is 0 Å². The van der Waals surface area contributed by atoms with E-state index in [2.05, 4.69) is 35.1 Å². The fourth-order valence-corrected chi connectivity index (χ4v) is 2.58. The third-order valence-corrected chi connectivity index (χ3v) is 3.74. The predicted octanol–water partition coefficient (Wildman–Crippen LogP) is 4.68. The van der Waals surface area contributed by atoms with Crippen LogP contribution in [0.5, 0.6) is 0 Å². The molecule has 96 valence electrons. The van der Waals surface area contributed by atoms with Crippen LogP contribution in [0.3, 0.4) is 0 Å². The highest BCUT2D eigenvalue weighted by Crippen LogP contribution is 2.28. The predicted molar refractivity (Wildman–Crippen MR) is 74.6 cm³/mol. The van der Waals surface area contributed by atoms with Gasteiger partial charge in [0.2, 0.25) is 0 Å². The minimum Gasteiger partial charge on any atom is -0.313 e. The second kappa shape index (κ2) is 7.12. The van der Waals surface area contributed by atoms with Gasteiger partial charge in [-0.1, -0.05) is 38.8 Å². The summed E-state index contributed by atoms with van der Waals surface area (Å²) in [6, 6.07) is 5.58.